The highest BCUT2D eigenvalue weighted by Gasteiger charge is 2.23. The zero-order valence-electron chi connectivity index (χ0n) is 10.7. The van der Waals surface area contributed by atoms with E-state index in [1.165, 1.54) is 12.1 Å². The second kappa shape index (κ2) is 5.27. The molecule has 0 aromatic heterocycles. The summed E-state index contributed by atoms with van der Waals surface area (Å²) in [5.74, 6) is -0.627. The highest BCUT2D eigenvalue weighted by atomic mass is 16.3. The fourth-order valence-corrected chi connectivity index (χ4v) is 1.99. The Bertz CT molecular complexity index is 515. The van der Waals surface area contributed by atoms with Crippen LogP contribution in [0.3, 0.4) is 0 Å². The summed E-state index contributed by atoms with van der Waals surface area (Å²) in [5, 5.41) is 18.8. The smallest absolute Gasteiger partial charge is 0.236 e. The van der Waals surface area contributed by atoms with Gasteiger partial charge in [-0.05, 0) is 12.1 Å². The molecule has 6 heteroatoms. The van der Waals surface area contributed by atoms with Gasteiger partial charge in [0.1, 0.15) is 11.5 Å². The van der Waals surface area contributed by atoms with Crippen LogP contribution in [0.25, 0.3) is 0 Å². The number of phenolic OH excluding ortho intramolecular Hbond substituents is 2. The average Bonchev–Trinajstić information content (AvgIpc) is 2.33. The summed E-state index contributed by atoms with van der Waals surface area (Å²) in [6.07, 6.45) is 0. The number of hydrogen-bond acceptors (Lipinski definition) is 5. The molecule has 1 aliphatic heterocycles. The number of likely N-dealkylation sites (N-methyl/N-ethyl adjacent to an activating group) is 1. The average molecular weight is 264 g/mol. The van der Waals surface area contributed by atoms with Crippen molar-refractivity contribution in [3.05, 3.63) is 23.8 Å². The number of phenols is 2. The molecular weight excluding hydrogens is 248 g/mol. The van der Waals surface area contributed by atoms with E-state index in [0.29, 0.717) is 13.1 Å². The van der Waals surface area contributed by atoms with Crippen LogP contribution in [-0.4, -0.2) is 64.9 Å². The van der Waals surface area contributed by atoms with E-state index in [9.17, 15) is 19.8 Å². The number of rotatable bonds is 3. The van der Waals surface area contributed by atoms with Gasteiger partial charge in [0.25, 0.3) is 0 Å². The minimum Gasteiger partial charge on any atom is -0.508 e. The molecule has 1 aromatic carbocycles. The summed E-state index contributed by atoms with van der Waals surface area (Å²) in [4.78, 5) is 26.9. The van der Waals surface area contributed by atoms with Crippen molar-refractivity contribution in [3.8, 4) is 11.5 Å². The van der Waals surface area contributed by atoms with Gasteiger partial charge in [-0.2, -0.15) is 0 Å². The number of nitrogens with zero attached hydrogens (tertiary/aromatic N) is 2. The third-order valence-electron chi connectivity index (χ3n) is 3.19. The van der Waals surface area contributed by atoms with E-state index >= 15 is 0 Å². The van der Waals surface area contributed by atoms with Gasteiger partial charge in [0.2, 0.25) is 5.91 Å². The molecule has 2 N–H and O–H groups in total. The van der Waals surface area contributed by atoms with Gasteiger partial charge in [-0.15, -0.1) is 0 Å². The van der Waals surface area contributed by atoms with Crippen LogP contribution in [0.5, 0.6) is 11.5 Å². The number of amides is 1. The topological polar surface area (TPSA) is 81.1 Å². The van der Waals surface area contributed by atoms with Crippen LogP contribution in [0, 0.1) is 0 Å². The van der Waals surface area contributed by atoms with Crippen molar-refractivity contribution in [2.45, 2.75) is 0 Å². The molecule has 1 aliphatic rings. The number of carbonyl (C=O) groups excluding carboxylic acids is 2. The Hall–Kier alpha value is -2.08. The highest BCUT2D eigenvalue weighted by molar-refractivity contribution is 6.00. The van der Waals surface area contributed by atoms with Gasteiger partial charge in [0.15, 0.2) is 5.78 Å². The molecule has 19 heavy (non-hydrogen) atoms. The number of Topliss-reactive ketones (excluding diaryl/α,β-unsaturated/α-hetero) is 1. The van der Waals surface area contributed by atoms with Crippen molar-refractivity contribution >= 4 is 11.7 Å². The van der Waals surface area contributed by atoms with Crippen molar-refractivity contribution < 1.29 is 19.8 Å². The van der Waals surface area contributed by atoms with E-state index in [1.807, 2.05) is 0 Å². The normalized spacial score (nSPS) is 16.7. The summed E-state index contributed by atoms with van der Waals surface area (Å²) in [7, 11) is 1.73. The van der Waals surface area contributed by atoms with E-state index in [0.717, 1.165) is 6.07 Å². The lowest BCUT2D eigenvalue weighted by Gasteiger charge is -2.31. The van der Waals surface area contributed by atoms with Gasteiger partial charge in [-0.3, -0.25) is 14.5 Å². The Morgan fingerprint density at radius 1 is 1.32 bits per heavy atom. The summed E-state index contributed by atoms with van der Waals surface area (Å²) >= 11 is 0. The predicted molar refractivity (Wildman–Crippen MR) is 68.2 cm³/mol. The van der Waals surface area contributed by atoms with Crippen LogP contribution in [-0.2, 0) is 4.79 Å². The molecule has 1 amide bonds. The Morgan fingerprint density at radius 3 is 2.68 bits per heavy atom. The van der Waals surface area contributed by atoms with Gasteiger partial charge < -0.3 is 15.1 Å². The molecule has 6 nitrogen and oxygen atoms in total. The van der Waals surface area contributed by atoms with E-state index < -0.39 is 0 Å². The van der Waals surface area contributed by atoms with Crippen LogP contribution in [0.15, 0.2) is 18.2 Å². The molecule has 2 rings (SSSR count). The van der Waals surface area contributed by atoms with Crippen molar-refractivity contribution in [2.75, 3.05) is 33.2 Å². The molecule has 1 saturated heterocycles. The maximum Gasteiger partial charge on any atom is 0.236 e. The molecule has 0 bridgehead atoms. The number of benzene rings is 1. The van der Waals surface area contributed by atoms with Gasteiger partial charge in [0.05, 0.1) is 18.7 Å². The van der Waals surface area contributed by atoms with E-state index in [-0.39, 0.29) is 41.8 Å². The number of piperazine rings is 1. The molecule has 1 heterocycles. The first-order chi connectivity index (χ1) is 8.97. The molecular formula is C13H16N2O4. The summed E-state index contributed by atoms with van der Waals surface area (Å²) in [5.41, 5.74) is 0.157. The quantitative estimate of drug-likeness (QED) is 0.754. The maximum atomic E-state index is 12.0. The van der Waals surface area contributed by atoms with E-state index in [2.05, 4.69) is 0 Å². The van der Waals surface area contributed by atoms with Crippen LogP contribution < -0.4 is 0 Å². The molecule has 1 aromatic rings. The number of carbonyl (C=O) groups is 2. The minimum atomic E-state index is -0.269. The lowest BCUT2D eigenvalue weighted by Crippen LogP contribution is -2.49. The Morgan fingerprint density at radius 2 is 2.05 bits per heavy atom. The Kier molecular flexibility index (Phi) is 3.71. The highest BCUT2D eigenvalue weighted by Crippen LogP contribution is 2.23. The number of hydrogen-bond donors (Lipinski definition) is 2. The minimum absolute atomic E-state index is 0.0195. The van der Waals surface area contributed by atoms with Crippen molar-refractivity contribution in [1.29, 1.82) is 0 Å². The van der Waals surface area contributed by atoms with Crippen molar-refractivity contribution in [2.24, 2.45) is 0 Å². The zero-order valence-corrected chi connectivity index (χ0v) is 10.7. The zero-order chi connectivity index (χ0) is 14.0. The monoisotopic (exact) mass is 264 g/mol. The number of aromatic hydroxyl groups is 2. The van der Waals surface area contributed by atoms with Gasteiger partial charge >= 0.3 is 0 Å². The molecule has 1 fully saturated rings. The van der Waals surface area contributed by atoms with Crippen molar-refractivity contribution in [3.63, 3.8) is 0 Å². The van der Waals surface area contributed by atoms with E-state index in [4.69, 9.17) is 0 Å². The SMILES string of the molecule is CN1CCN(CC(=O)c2ccc(O)cc2O)CC1=O. The lowest BCUT2D eigenvalue weighted by molar-refractivity contribution is -0.134. The molecule has 0 aliphatic carbocycles. The van der Waals surface area contributed by atoms with Crippen LogP contribution >= 0.6 is 0 Å². The van der Waals surface area contributed by atoms with Gasteiger partial charge in [0, 0.05) is 26.2 Å². The Labute approximate surface area is 110 Å². The summed E-state index contributed by atoms with van der Waals surface area (Å²) in [6.45, 7) is 1.51. The van der Waals surface area contributed by atoms with E-state index in [1.54, 1.807) is 16.8 Å². The first kappa shape index (κ1) is 13.4. The molecule has 0 radical (unpaired) electrons. The van der Waals surface area contributed by atoms with Crippen LogP contribution in [0.4, 0.5) is 0 Å². The first-order valence-corrected chi connectivity index (χ1v) is 5.99. The first-order valence-electron chi connectivity index (χ1n) is 5.99. The fraction of sp³-hybridized carbons (Fsp3) is 0.385. The summed E-state index contributed by atoms with van der Waals surface area (Å²) < 4.78 is 0. The Balaban J connectivity index is 2.03. The maximum absolute atomic E-state index is 12.0. The molecule has 0 atom stereocenters. The van der Waals surface area contributed by atoms with Crippen molar-refractivity contribution in [1.82, 2.24) is 9.80 Å². The molecule has 0 unspecified atom stereocenters. The predicted octanol–water partition coefficient (Wildman–Crippen LogP) is 0.0545. The van der Waals surface area contributed by atoms with Crippen LogP contribution in [0.1, 0.15) is 10.4 Å². The van der Waals surface area contributed by atoms with Gasteiger partial charge in [-0.1, -0.05) is 0 Å². The standard InChI is InChI=1S/C13H16N2O4/c1-14-4-5-15(8-13(14)19)7-12(18)10-3-2-9(16)6-11(10)17/h2-3,6,16-17H,4-5,7-8H2,1H3. The fourth-order valence-electron chi connectivity index (χ4n) is 1.99. The van der Waals surface area contributed by atoms with Crippen LogP contribution in [0.2, 0.25) is 0 Å². The third-order valence-corrected chi connectivity index (χ3v) is 3.19. The second-order valence-electron chi connectivity index (χ2n) is 4.65. The molecule has 102 valence electrons. The van der Waals surface area contributed by atoms with Gasteiger partial charge in [-0.25, -0.2) is 0 Å². The summed E-state index contributed by atoms with van der Waals surface area (Å²) in [6, 6.07) is 3.86. The molecule has 0 saturated carbocycles. The lowest BCUT2D eigenvalue weighted by atomic mass is 10.1. The molecule has 0 spiro atoms. The second-order valence-corrected chi connectivity index (χ2v) is 4.65. The largest absolute Gasteiger partial charge is 0.508 e. The third kappa shape index (κ3) is 3.03. The number of ketones is 1.